The molecule has 88 valence electrons. The zero-order valence-corrected chi connectivity index (χ0v) is 10.5. The molecule has 2 aromatic heterocycles. The zero-order valence-electron chi connectivity index (χ0n) is 8.93. The normalized spacial score (nSPS) is 20.3. The minimum absolute atomic E-state index is 0.152. The second kappa shape index (κ2) is 3.76. The summed E-state index contributed by atoms with van der Waals surface area (Å²) in [5.41, 5.74) is 6.86. The number of aromatic nitrogens is 4. The Morgan fingerprint density at radius 2 is 2.29 bits per heavy atom. The lowest BCUT2D eigenvalue weighted by Gasteiger charge is -2.10. The van der Waals surface area contributed by atoms with E-state index in [9.17, 15) is 4.79 Å². The summed E-state index contributed by atoms with van der Waals surface area (Å²) in [6.07, 6.45) is 4.03. The van der Waals surface area contributed by atoms with Crippen molar-refractivity contribution < 1.29 is 4.79 Å². The highest BCUT2D eigenvalue weighted by Gasteiger charge is 2.28. The quantitative estimate of drug-likeness (QED) is 0.805. The second-order valence-corrected chi connectivity index (χ2v) is 4.82. The van der Waals surface area contributed by atoms with Crippen LogP contribution in [0.4, 0.5) is 5.95 Å². The first-order chi connectivity index (χ1) is 8.16. The van der Waals surface area contributed by atoms with Gasteiger partial charge in [-0.15, -0.1) is 0 Å². The van der Waals surface area contributed by atoms with Crippen molar-refractivity contribution in [1.82, 2.24) is 19.5 Å². The van der Waals surface area contributed by atoms with E-state index in [4.69, 9.17) is 5.73 Å². The van der Waals surface area contributed by atoms with Gasteiger partial charge in [0.15, 0.2) is 11.4 Å². The molecule has 1 saturated carbocycles. The molecule has 1 atom stereocenters. The number of halogens is 1. The van der Waals surface area contributed by atoms with Crippen molar-refractivity contribution >= 4 is 38.8 Å². The molecule has 0 saturated heterocycles. The predicted octanol–water partition coefficient (Wildman–Crippen LogP) is 1.47. The summed E-state index contributed by atoms with van der Waals surface area (Å²) in [4.78, 5) is 24.1. The molecule has 1 aliphatic carbocycles. The molecule has 0 bridgehead atoms. The van der Waals surface area contributed by atoms with E-state index >= 15 is 0 Å². The Kier molecular flexibility index (Phi) is 2.36. The minimum Gasteiger partial charge on any atom is -0.368 e. The van der Waals surface area contributed by atoms with Crippen LogP contribution in [0.2, 0.25) is 0 Å². The van der Waals surface area contributed by atoms with E-state index in [1.54, 1.807) is 10.9 Å². The van der Waals surface area contributed by atoms with E-state index in [0.29, 0.717) is 22.2 Å². The molecule has 6 nitrogen and oxygen atoms in total. The van der Waals surface area contributed by atoms with Gasteiger partial charge in [-0.1, -0.05) is 0 Å². The fraction of sp³-hybridized carbons (Fsp3) is 0.400. The molecule has 1 aliphatic rings. The van der Waals surface area contributed by atoms with Gasteiger partial charge >= 0.3 is 0 Å². The number of hydrogen-bond acceptors (Lipinski definition) is 5. The molecule has 7 heteroatoms. The number of anilines is 1. The Balaban J connectivity index is 2.20. The number of nitrogens with two attached hydrogens (primary N) is 1. The molecule has 1 unspecified atom stereocenters. The summed E-state index contributed by atoms with van der Waals surface area (Å²) < 4.78 is 2.36. The monoisotopic (exact) mass is 295 g/mol. The molecule has 0 aliphatic heterocycles. The van der Waals surface area contributed by atoms with Crippen molar-refractivity contribution in [2.45, 2.75) is 25.3 Å². The highest BCUT2D eigenvalue weighted by Crippen LogP contribution is 2.30. The van der Waals surface area contributed by atoms with Crippen LogP contribution in [-0.4, -0.2) is 25.3 Å². The lowest BCUT2D eigenvalue weighted by atomic mass is 10.2. The largest absolute Gasteiger partial charge is 0.368 e. The van der Waals surface area contributed by atoms with Gasteiger partial charge in [-0.05, 0) is 28.8 Å². The van der Waals surface area contributed by atoms with Gasteiger partial charge in [-0.2, -0.15) is 4.98 Å². The van der Waals surface area contributed by atoms with Crippen molar-refractivity contribution in [3.8, 4) is 0 Å². The Morgan fingerprint density at radius 3 is 3.00 bits per heavy atom. The maximum Gasteiger partial charge on any atom is 0.223 e. The number of hydrogen-bond donors (Lipinski definition) is 1. The molecule has 0 spiro atoms. The first-order valence-electron chi connectivity index (χ1n) is 5.35. The van der Waals surface area contributed by atoms with Crippen molar-refractivity contribution in [1.29, 1.82) is 0 Å². The topological polar surface area (TPSA) is 86.7 Å². The SMILES string of the molecule is Nc1nc(Br)c2ncn(C3CCCC3=O)c2n1. The van der Waals surface area contributed by atoms with Gasteiger partial charge < -0.3 is 10.3 Å². The lowest BCUT2D eigenvalue weighted by molar-refractivity contribution is -0.120. The first-order valence-corrected chi connectivity index (χ1v) is 6.14. The van der Waals surface area contributed by atoms with Gasteiger partial charge in [0.2, 0.25) is 5.95 Å². The summed E-state index contributed by atoms with van der Waals surface area (Å²) in [5, 5.41) is 0. The molecular weight excluding hydrogens is 286 g/mol. The Hall–Kier alpha value is -1.50. The Morgan fingerprint density at radius 1 is 1.47 bits per heavy atom. The van der Waals surface area contributed by atoms with Gasteiger partial charge in [0, 0.05) is 6.42 Å². The fourth-order valence-electron chi connectivity index (χ4n) is 2.22. The summed E-state index contributed by atoms with van der Waals surface area (Å²) in [7, 11) is 0. The van der Waals surface area contributed by atoms with Gasteiger partial charge in [0.1, 0.15) is 10.1 Å². The van der Waals surface area contributed by atoms with Gasteiger partial charge in [-0.3, -0.25) is 4.79 Å². The molecular formula is C10H10BrN5O. The van der Waals surface area contributed by atoms with Crippen LogP contribution in [0.3, 0.4) is 0 Å². The molecule has 0 aromatic carbocycles. The standard InChI is InChI=1S/C10H10BrN5O/c11-8-7-9(15-10(12)14-8)16(4-13-7)5-2-1-3-6(5)17/h4-5H,1-3H2,(H2,12,14,15). The number of ketones is 1. The smallest absolute Gasteiger partial charge is 0.223 e. The Bertz CT molecular complexity index is 608. The molecule has 2 aromatic rings. The van der Waals surface area contributed by atoms with Crippen LogP contribution in [0.1, 0.15) is 25.3 Å². The highest BCUT2D eigenvalue weighted by molar-refractivity contribution is 9.10. The van der Waals surface area contributed by atoms with Crippen LogP contribution >= 0.6 is 15.9 Å². The molecule has 1 fully saturated rings. The van der Waals surface area contributed by atoms with E-state index in [1.165, 1.54) is 0 Å². The van der Waals surface area contributed by atoms with Gasteiger partial charge in [0.25, 0.3) is 0 Å². The maximum absolute atomic E-state index is 11.8. The van der Waals surface area contributed by atoms with Crippen LogP contribution in [0, 0.1) is 0 Å². The van der Waals surface area contributed by atoms with Crippen LogP contribution in [0.5, 0.6) is 0 Å². The Labute approximate surface area is 105 Å². The fourth-order valence-corrected chi connectivity index (χ4v) is 2.68. The van der Waals surface area contributed by atoms with E-state index < -0.39 is 0 Å². The molecule has 0 amide bonds. The average Bonchev–Trinajstić information content (AvgIpc) is 2.84. The number of Topliss-reactive ketones (excluding diaryl/α,β-unsaturated/α-hetero) is 1. The third-order valence-electron chi connectivity index (χ3n) is 3.00. The van der Waals surface area contributed by atoms with Gasteiger partial charge in [0.05, 0.1) is 12.4 Å². The number of fused-ring (bicyclic) bond motifs is 1. The van der Waals surface area contributed by atoms with Crippen LogP contribution < -0.4 is 5.73 Å². The summed E-state index contributed by atoms with van der Waals surface area (Å²) in [5.74, 6) is 0.411. The molecule has 0 radical (unpaired) electrons. The van der Waals surface area contributed by atoms with Crippen molar-refractivity contribution in [3.63, 3.8) is 0 Å². The number of nitrogen functional groups attached to an aromatic ring is 1. The number of rotatable bonds is 1. The van der Waals surface area contributed by atoms with Crippen molar-refractivity contribution in [2.75, 3.05) is 5.73 Å². The van der Waals surface area contributed by atoms with E-state index in [2.05, 4.69) is 30.9 Å². The van der Waals surface area contributed by atoms with Crippen LogP contribution in [0.25, 0.3) is 11.2 Å². The average molecular weight is 296 g/mol. The zero-order chi connectivity index (χ0) is 12.0. The molecule has 2 heterocycles. The predicted molar refractivity (Wildman–Crippen MR) is 65.3 cm³/mol. The number of imidazole rings is 1. The summed E-state index contributed by atoms with van der Waals surface area (Å²) >= 11 is 3.29. The number of nitrogens with zero attached hydrogens (tertiary/aromatic N) is 4. The summed E-state index contributed by atoms with van der Waals surface area (Å²) in [6, 6.07) is -0.152. The third-order valence-corrected chi connectivity index (χ3v) is 3.56. The highest BCUT2D eigenvalue weighted by atomic mass is 79.9. The number of carbonyl (C=O) groups excluding carboxylic acids is 1. The first kappa shape index (κ1) is 10.6. The van der Waals surface area contributed by atoms with Crippen LogP contribution in [0.15, 0.2) is 10.9 Å². The minimum atomic E-state index is -0.152. The molecule has 3 rings (SSSR count). The molecule has 2 N–H and O–H groups in total. The van der Waals surface area contributed by atoms with E-state index in [1.807, 2.05) is 0 Å². The van der Waals surface area contributed by atoms with Gasteiger partial charge in [-0.25, -0.2) is 9.97 Å². The lowest BCUT2D eigenvalue weighted by Crippen LogP contribution is -2.13. The van der Waals surface area contributed by atoms with Crippen molar-refractivity contribution in [2.24, 2.45) is 0 Å². The van der Waals surface area contributed by atoms with E-state index in [-0.39, 0.29) is 17.8 Å². The summed E-state index contributed by atoms with van der Waals surface area (Å²) in [6.45, 7) is 0. The second-order valence-electron chi connectivity index (χ2n) is 4.07. The third kappa shape index (κ3) is 1.61. The number of carbonyl (C=O) groups is 1. The van der Waals surface area contributed by atoms with Crippen molar-refractivity contribution in [3.05, 3.63) is 10.9 Å². The van der Waals surface area contributed by atoms with E-state index in [0.717, 1.165) is 12.8 Å². The molecule has 17 heavy (non-hydrogen) atoms. The maximum atomic E-state index is 11.8. The van der Waals surface area contributed by atoms with Crippen LogP contribution in [-0.2, 0) is 4.79 Å².